The van der Waals surface area contributed by atoms with Gasteiger partial charge in [-0.1, -0.05) is 81.8 Å². The molecule has 0 saturated carbocycles. The Morgan fingerprint density at radius 2 is 1.44 bits per heavy atom. The molecule has 6 rings (SSSR count). The summed E-state index contributed by atoms with van der Waals surface area (Å²) in [5.41, 5.74) is 4.70. The molecular weight excluding hydrogens is 580 g/mol. The molecule has 1 aromatic heterocycles. The number of allylic oxidation sites excluding steroid dienone is 2. The molecule has 1 heterocycles. The summed E-state index contributed by atoms with van der Waals surface area (Å²) in [6, 6.07) is 27.3. The van der Waals surface area contributed by atoms with Crippen LogP contribution in [0.5, 0.6) is 0 Å². The van der Waals surface area contributed by atoms with Gasteiger partial charge in [-0.2, -0.15) is 0 Å². The predicted molar refractivity (Wildman–Crippen MR) is 161 cm³/mol. The lowest BCUT2D eigenvalue weighted by atomic mass is 9.80. The first kappa shape index (κ1) is 27.1. The fraction of sp³-hybridized carbons (Fsp3) is 0.235. The number of Topliss-reactive ketones (excluding diaryl/α,β-unsaturated/α-hetero) is 2. The maximum Gasteiger partial charge on any atom is 0.168 e. The van der Waals surface area contributed by atoms with E-state index in [1.54, 1.807) is 0 Å². The van der Waals surface area contributed by atoms with Crippen molar-refractivity contribution in [1.29, 1.82) is 0 Å². The van der Waals surface area contributed by atoms with Gasteiger partial charge in [-0.05, 0) is 60.1 Å². The van der Waals surface area contributed by atoms with E-state index >= 15 is 0 Å². The van der Waals surface area contributed by atoms with Crippen molar-refractivity contribution < 1.29 is 19.2 Å². The Labute approximate surface area is 246 Å². The Balaban J connectivity index is 1.28. The summed E-state index contributed by atoms with van der Waals surface area (Å²) in [5, 5.41) is 15.5. The summed E-state index contributed by atoms with van der Waals surface area (Å²) in [4.78, 5) is 31.6. The van der Waals surface area contributed by atoms with Crippen molar-refractivity contribution in [2.75, 3.05) is 0 Å². The Hall–Kier alpha value is -4.10. The third-order valence-corrected chi connectivity index (χ3v) is 8.46. The van der Waals surface area contributed by atoms with E-state index in [0.29, 0.717) is 66.9 Å². The van der Waals surface area contributed by atoms with E-state index in [4.69, 9.17) is 9.52 Å². The maximum absolute atomic E-state index is 13.5. The molecule has 41 heavy (non-hydrogen) atoms. The number of rotatable bonds is 7. The quantitative estimate of drug-likeness (QED) is 0.214. The zero-order valence-electron chi connectivity index (χ0n) is 22.4. The number of aliphatic imine (C=N–C) groups is 1. The van der Waals surface area contributed by atoms with Crippen LogP contribution in [-0.2, 0) is 17.6 Å². The van der Waals surface area contributed by atoms with Crippen LogP contribution in [0.4, 0.5) is 5.69 Å². The van der Waals surface area contributed by atoms with Crippen LogP contribution in [0.25, 0.3) is 0 Å². The third kappa shape index (κ3) is 5.86. The normalized spacial score (nSPS) is 19.4. The molecule has 2 aliphatic rings. The Morgan fingerprint density at radius 3 is 2.07 bits per heavy atom. The number of aliphatic hydroxyl groups excluding tert-OH is 1. The summed E-state index contributed by atoms with van der Waals surface area (Å²) in [7, 11) is 0. The number of carbonyl (C=O) groups excluding carboxylic acids is 2. The molecule has 1 N–H and O–H groups in total. The highest BCUT2D eigenvalue weighted by atomic mass is 79.9. The maximum atomic E-state index is 13.5. The molecule has 7 heteroatoms. The zero-order chi connectivity index (χ0) is 28.3. The standard InChI is InChI=1S/C34H29BrN2O4/c35-25-11-13-26(14-12-25)36-27(33-29(38)17-23(18-30(33)39)21-7-3-1-4-8-21)15-16-28-34-31(40)19-24(20-32(34)41-37-28)22-9-5-2-6-10-22/h1-14,23-24,38H,15-20H2. The number of aromatic nitrogens is 1. The molecule has 2 unspecified atom stereocenters. The molecule has 0 saturated heterocycles. The molecule has 2 aliphatic carbocycles. The van der Waals surface area contributed by atoms with Crippen LogP contribution in [0.2, 0.25) is 0 Å². The lowest BCUT2D eigenvalue weighted by Gasteiger charge is -2.24. The van der Waals surface area contributed by atoms with E-state index < -0.39 is 0 Å². The number of fused-ring (bicyclic) bond motifs is 1. The number of carbonyl (C=O) groups is 2. The first-order valence-corrected chi connectivity index (χ1v) is 14.6. The van der Waals surface area contributed by atoms with Gasteiger partial charge in [-0.15, -0.1) is 0 Å². The molecular formula is C34H29BrN2O4. The van der Waals surface area contributed by atoms with Gasteiger partial charge >= 0.3 is 0 Å². The molecule has 0 bridgehead atoms. The van der Waals surface area contributed by atoms with E-state index in [1.165, 1.54) is 0 Å². The highest BCUT2D eigenvalue weighted by Gasteiger charge is 2.34. The Bertz CT molecular complexity index is 1640. The first-order chi connectivity index (χ1) is 20.0. The van der Waals surface area contributed by atoms with E-state index in [-0.39, 0.29) is 34.7 Å². The van der Waals surface area contributed by atoms with Gasteiger partial charge in [0.1, 0.15) is 11.5 Å². The van der Waals surface area contributed by atoms with Crippen LogP contribution >= 0.6 is 15.9 Å². The summed E-state index contributed by atoms with van der Waals surface area (Å²) in [5.74, 6) is 0.518. The minimum Gasteiger partial charge on any atom is -0.511 e. The average Bonchev–Trinajstić information content (AvgIpc) is 3.41. The van der Waals surface area contributed by atoms with Crippen LogP contribution in [0, 0.1) is 0 Å². The van der Waals surface area contributed by atoms with Crippen molar-refractivity contribution in [2.45, 2.75) is 50.4 Å². The topological polar surface area (TPSA) is 92.8 Å². The number of nitrogens with zero attached hydrogens (tertiary/aromatic N) is 2. The van der Waals surface area contributed by atoms with Crippen molar-refractivity contribution in [3.8, 4) is 0 Å². The second kappa shape index (κ2) is 11.8. The van der Waals surface area contributed by atoms with Crippen molar-refractivity contribution in [3.63, 3.8) is 0 Å². The number of halogens is 1. The monoisotopic (exact) mass is 608 g/mol. The van der Waals surface area contributed by atoms with Crippen LogP contribution in [0.15, 0.2) is 110 Å². The SMILES string of the molecule is O=C1CC(c2ccccc2)CC(O)=C1C(CCc1noc2c1C(=O)CC(c1ccccc1)C2)=Nc1ccc(Br)cc1. The smallest absolute Gasteiger partial charge is 0.168 e. The summed E-state index contributed by atoms with van der Waals surface area (Å²) in [6.45, 7) is 0. The number of benzene rings is 3. The first-order valence-electron chi connectivity index (χ1n) is 13.9. The lowest BCUT2D eigenvalue weighted by Crippen LogP contribution is -2.24. The highest BCUT2D eigenvalue weighted by molar-refractivity contribution is 9.10. The van der Waals surface area contributed by atoms with Gasteiger partial charge in [0, 0.05) is 30.2 Å². The second-order valence-electron chi connectivity index (χ2n) is 10.7. The predicted octanol–water partition coefficient (Wildman–Crippen LogP) is 8.01. The lowest BCUT2D eigenvalue weighted by molar-refractivity contribution is -0.116. The molecule has 3 aromatic carbocycles. The van der Waals surface area contributed by atoms with Crippen molar-refractivity contribution in [1.82, 2.24) is 5.16 Å². The van der Waals surface area contributed by atoms with Crippen molar-refractivity contribution >= 4 is 38.9 Å². The molecule has 6 nitrogen and oxygen atoms in total. The average molecular weight is 610 g/mol. The molecule has 0 radical (unpaired) electrons. The van der Waals surface area contributed by atoms with Gasteiger partial charge in [0.25, 0.3) is 0 Å². The van der Waals surface area contributed by atoms with Gasteiger partial charge in [0.15, 0.2) is 11.6 Å². The number of hydrogen-bond donors (Lipinski definition) is 1. The van der Waals surface area contributed by atoms with Crippen LogP contribution in [-0.4, -0.2) is 27.5 Å². The van der Waals surface area contributed by atoms with Gasteiger partial charge < -0.3 is 9.63 Å². The largest absolute Gasteiger partial charge is 0.511 e. The molecule has 2 atom stereocenters. The van der Waals surface area contributed by atoms with E-state index in [2.05, 4.69) is 21.1 Å². The Kier molecular flexibility index (Phi) is 7.79. The minimum atomic E-state index is -0.137. The molecule has 0 amide bonds. The molecule has 0 spiro atoms. The van der Waals surface area contributed by atoms with Gasteiger partial charge in [-0.3, -0.25) is 14.6 Å². The van der Waals surface area contributed by atoms with E-state index in [1.807, 2.05) is 84.9 Å². The van der Waals surface area contributed by atoms with Crippen LogP contribution in [0.1, 0.15) is 70.5 Å². The highest BCUT2D eigenvalue weighted by Crippen LogP contribution is 2.37. The summed E-state index contributed by atoms with van der Waals surface area (Å²) < 4.78 is 6.60. The fourth-order valence-electron chi connectivity index (χ4n) is 5.90. The fourth-order valence-corrected chi connectivity index (χ4v) is 6.16. The van der Waals surface area contributed by atoms with E-state index in [9.17, 15) is 14.7 Å². The van der Waals surface area contributed by atoms with Crippen LogP contribution < -0.4 is 0 Å². The van der Waals surface area contributed by atoms with Crippen molar-refractivity contribution in [2.24, 2.45) is 4.99 Å². The number of ketones is 2. The molecule has 4 aromatic rings. The second-order valence-corrected chi connectivity index (χ2v) is 11.6. The van der Waals surface area contributed by atoms with Gasteiger partial charge in [0.2, 0.25) is 0 Å². The van der Waals surface area contributed by atoms with E-state index in [0.717, 1.165) is 15.6 Å². The summed E-state index contributed by atoms with van der Waals surface area (Å²) in [6.07, 6.45) is 2.36. The van der Waals surface area contributed by atoms with Crippen molar-refractivity contribution in [3.05, 3.63) is 129 Å². The minimum absolute atomic E-state index is 0.0178. The number of hydrogen-bond acceptors (Lipinski definition) is 6. The zero-order valence-corrected chi connectivity index (χ0v) is 24.0. The third-order valence-electron chi connectivity index (χ3n) is 7.93. The van der Waals surface area contributed by atoms with Crippen LogP contribution in [0.3, 0.4) is 0 Å². The van der Waals surface area contributed by atoms with Gasteiger partial charge in [0.05, 0.1) is 28.2 Å². The molecule has 206 valence electrons. The van der Waals surface area contributed by atoms with Gasteiger partial charge in [-0.25, -0.2) is 0 Å². The Morgan fingerprint density at radius 1 is 0.829 bits per heavy atom. The number of aryl methyl sites for hydroxylation is 1. The molecule has 0 fully saturated rings. The molecule has 0 aliphatic heterocycles. The summed E-state index contributed by atoms with van der Waals surface area (Å²) >= 11 is 3.45. The number of aliphatic hydroxyl groups is 1.